The molecule has 0 aliphatic heterocycles. The molecule has 0 atom stereocenters. The van der Waals surface area contributed by atoms with Crippen LogP contribution in [0.15, 0.2) is 30.3 Å². The number of hydrogen-bond acceptors (Lipinski definition) is 5. The highest BCUT2D eigenvalue weighted by Gasteiger charge is 2.14. The van der Waals surface area contributed by atoms with E-state index in [0.29, 0.717) is 12.1 Å². The van der Waals surface area contributed by atoms with Crippen LogP contribution in [0.5, 0.6) is 0 Å². The molecule has 0 aliphatic carbocycles. The van der Waals surface area contributed by atoms with Crippen LogP contribution < -0.4 is 5.32 Å². The minimum atomic E-state index is -0.0667. The topological polar surface area (TPSA) is 58.1 Å². The number of rotatable bonds is 4. The summed E-state index contributed by atoms with van der Waals surface area (Å²) >= 11 is 1.36. The highest BCUT2D eigenvalue weighted by molar-refractivity contribution is 7.14. The maximum absolute atomic E-state index is 12.4. The van der Waals surface area contributed by atoms with E-state index in [9.17, 15) is 4.79 Å². The van der Waals surface area contributed by atoms with Crippen molar-refractivity contribution < 1.29 is 4.79 Å². The first-order valence-corrected chi connectivity index (χ1v) is 7.51. The van der Waals surface area contributed by atoms with Crippen molar-refractivity contribution in [3.63, 3.8) is 0 Å². The van der Waals surface area contributed by atoms with Gasteiger partial charge in [-0.1, -0.05) is 28.8 Å². The van der Waals surface area contributed by atoms with Gasteiger partial charge >= 0.3 is 0 Å². The molecule has 1 heterocycles. The number of carbonyl (C=O) groups is 1. The summed E-state index contributed by atoms with van der Waals surface area (Å²) in [7, 11) is 3.96. The van der Waals surface area contributed by atoms with Gasteiger partial charge in [-0.25, -0.2) is 0 Å². The molecule has 0 spiro atoms. The van der Waals surface area contributed by atoms with E-state index in [2.05, 4.69) is 14.9 Å². The zero-order valence-electron chi connectivity index (χ0n) is 12.0. The lowest BCUT2D eigenvalue weighted by atomic mass is 10.0. The van der Waals surface area contributed by atoms with E-state index in [1.165, 1.54) is 11.5 Å². The zero-order chi connectivity index (χ0) is 14.8. The first-order chi connectivity index (χ1) is 10.2. The molecular weight excluding hydrogens is 284 g/mol. The summed E-state index contributed by atoms with van der Waals surface area (Å²) in [6.07, 6.45) is 0. The molecule has 1 N–H and O–H groups in total. The minimum absolute atomic E-state index is 0.0667. The average Bonchev–Trinajstić information content (AvgIpc) is 2.94. The van der Waals surface area contributed by atoms with Crippen LogP contribution in [0.2, 0.25) is 0 Å². The molecule has 0 aliphatic rings. The van der Waals surface area contributed by atoms with Crippen molar-refractivity contribution in [1.82, 2.24) is 19.8 Å². The monoisotopic (exact) mass is 300 g/mol. The van der Waals surface area contributed by atoms with Crippen LogP contribution in [0.25, 0.3) is 21.0 Å². The fraction of sp³-hybridized carbons (Fsp3) is 0.267. The predicted molar refractivity (Wildman–Crippen MR) is 85.8 cm³/mol. The third-order valence-corrected chi connectivity index (χ3v) is 4.12. The molecule has 3 rings (SSSR count). The molecule has 6 heteroatoms. The number of carbonyl (C=O) groups excluding carboxylic acids is 1. The van der Waals surface area contributed by atoms with E-state index in [-0.39, 0.29) is 5.91 Å². The van der Waals surface area contributed by atoms with Crippen molar-refractivity contribution in [2.45, 2.75) is 0 Å². The largest absolute Gasteiger partial charge is 0.351 e. The van der Waals surface area contributed by atoms with Gasteiger partial charge < -0.3 is 10.2 Å². The van der Waals surface area contributed by atoms with Crippen molar-refractivity contribution in [2.24, 2.45) is 0 Å². The van der Waals surface area contributed by atoms with Crippen LogP contribution >= 0.6 is 11.5 Å². The van der Waals surface area contributed by atoms with Crippen LogP contribution in [-0.2, 0) is 0 Å². The Balaban J connectivity index is 2.01. The van der Waals surface area contributed by atoms with E-state index in [1.807, 2.05) is 49.3 Å². The minimum Gasteiger partial charge on any atom is -0.351 e. The summed E-state index contributed by atoms with van der Waals surface area (Å²) < 4.78 is 5.01. The lowest BCUT2D eigenvalue weighted by molar-refractivity contribution is 0.0953. The molecule has 0 radical (unpaired) electrons. The summed E-state index contributed by atoms with van der Waals surface area (Å²) in [5.74, 6) is -0.0667. The van der Waals surface area contributed by atoms with E-state index >= 15 is 0 Å². The molecule has 0 saturated heterocycles. The SMILES string of the molecule is CN(C)CCNC(=O)c1cc2nnsc2c2ccccc12. The first-order valence-electron chi connectivity index (χ1n) is 6.73. The molecule has 0 bridgehead atoms. The molecule has 0 unspecified atom stereocenters. The number of fused-ring (bicyclic) bond motifs is 3. The second-order valence-corrected chi connectivity index (χ2v) is 5.90. The molecule has 1 aromatic heterocycles. The maximum atomic E-state index is 12.4. The highest BCUT2D eigenvalue weighted by Crippen LogP contribution is 2.29. The molecule has 3 aromatic rings. The second kappa shape index (κ2) is 5.75. The van der Waals surface area contributed by atoms with E-state index in [4.69, 9.17) is 0 Å². The van der Waals surface area contributed by atoms with Gasteiger partial charge in [0.15, 0.2) is 0 Å². The Hall–Kier alpha value is -2.05. The van der Waals surface area contributed by atoms with Gasteiger partial charge in [0.05, 0.1) is 4.70 Å². The summed E-state index contributed by atoms with van der Waals surface area (Å²) in [4.78, 5) is 14.5. The van der Waals surface area contributed by atoms with Crippen molar-refractivity contribution in [3.8, 4) is 0 Å². The molecular formula is C15H16N4OS. The Kier molecular flexibility index (Phi) is 3.81. The van der Waals surface area contributed by atoms with Crippen molar-refractivity contribution in [2.75, 3.05) is 27.2 Å². The Morgan fingerprint density at radius 2 is 2.05 bits per heavy atom. The Morgan fingerprint density at radius 3 is 2.81 bits per heavy atom. The number of nitrogens with zero attached hydrogens (tertiary/aromatic N) is 3. The van der Waals surface area contributed by atoms with Gasteiger partial charge in [0.2, 0.25) is 0 Å². The van der Waals surface area contributed by atoms with E-state index in [1.54, 1.807) is 0 Å². The van der Waals surface area contributed by atoms with E-state index in [0.717, 1.165) is 27.5 Å². The van der Waals surface area contributed by atoms with Gasteiger partial charge in [-0.05, 0) is 37.1 Å². The average molecular weight is 300 g/mol. The van der Waals surface area contributed by atoms with Gasteiger partial charge in [-0.3, -0.25) is 4.79 Å². The number of hydrogen-bond donors (Lipinski definition) is 1. The Morgan fingerprint density at radius 1 is 1.29 bits per heavy atom. The maximum Gasteiger partial charge on any atom is 0.252 e. The number of aromatic nitrogens is 2. The normalized spacial score (nSPS) is 11.4. The summed E-state index contributed by atoms with van der Waals surface area (Å²) in [6, 6.07) is 9.71. The Bertz CT molecular complexity index is 797. The van der Waals surface area contributed by atoms with Crippen molar-refractivity contribution in [3.05, 3.63) is 35.9 Å². The van der Waals surface area contributed by atoms with Gasteiger partial charge in [0.25, 0.3) is 5.91 Å². The Labute approximate surface area is 126 Å². The standard InChI is InChI=1S/C15H16N4OS/c1-19(2)8-7-16-15(20)12-9-13-14(21-18-17-13)11-6-4-3-5-10(11)12/h3-6,9H,7-8H2,1-2H3,(H,16,20). The summed E-state index contributed by atoms with van der Waals surface area (Å²) in [5.41, 5.74) is 1.43. The van der Waals surface area contributed by atoms with Crippen molar-refractivity contribution in [1.29, 1.82) is 0 Å². The fourth-order valence-corrected chi connectivity index (χ4v) is 2.97. The van der Waals surface area contributed by atoms with Crippen LogP contribution in [0, 0.1) is 0 Å². The van der Waals surface area contributed by atoms with Gasteiger partial charge in [-0.15, -0.1) is 5.10 Å². The van der Waals surface area contributed by atoms with Crippen LogP contribution in [0.4, 0.5) is 0 Å². The van der Waals surface area contributed by atoms with Crippen LogP contribution in [-0.4, -0.2) is 47.6 Å². The third-order valence-electron chi connectivity index (χ3n) is 3.35. The van der Waals surface area contributed by atoms with Gasteiger partial charge in [0.1, 0.15) is 5.52 Å². The number of nitrogens with one attached hydrogen (secondary N) is 1. The molecule has 21 heavy (non-hydrogen) atoms. The molecule has 1 amide bonds. The molecule has 0 saturated carbocycles. The molecule has 5 nitrogen and oxygen atoms in total. The summed E-state index contributed by atoms with van der Waals surface area (Å²) in [6.45, 7) is 1.43. The van der Waals surface area contributed by atoms with Crippen LogP contribution in [0.3, 0.4) is 0 Å². The number of amides is 1. The smallest absolute Gasteiger partial charge is 0.252 e. The van der Waals surface area contributed by atoms with Crippen molar-refractivity contribution >= 4 is 38.4 Å². The first kappa shape index (κ1) is 13.9. The van der Waals surface area contributed by atoms with E-state index < -0.39 is 0 Å². The number of benzene rings is 2. The predicted octanol–water partition coefficient (Wildman–Crippen LogP) is 2.14. The third kappa shape index (κ3) is 2.72. The lowest BCUT2D eigenvalue weighted by Gasteiger charge is -2.11. The van der Waals surface area contributed by atoms with Gasteiger partial charge in [-0.2, -0.15) is 0 Å². The molecule has 108 valence electrons. The quantitative estimate of drug-likeness (QED) is 0.802. The van der Waals surface area contributed by atoms with Gasteiger partial charge in [0, 0.05) is 24.0 Å². The fourth-order valence-electron chi connectivity index (χ4n) is 2.29. The zero-order valence-corrected chi connectivity index (χ0v) is 12.8. The molecule has 0 fully saturated rings. The molecule has 2 aromatic carbocycles. The summed E-state index contributed by atoms with van der Waals surface area (Å²) in [5, 5.41) is 9.03. The second-order valence-electron chi connectivity index (χ2n) is 5.15. The van der Waals surface area contributed by atoms with Crippen LogP contribution in [0.1, 0.15) is 10.4 Å². The lowest BCUT2D eigenvalue weighted by Crippen LogP contribution is -2.31. The highest BCUT2D eigenvalue weighted by atomic mass is 32.1. The number of likely N-dealkylation sites (N-methyl/N-ethyl adjacent to an activating group) is 1.